The third kappa shape index (κ3) is 3.39. The molecule has 1 aliphatic heterocycles. The van der Waals surface area contributed by atoms with Gasteiger partial charge in [0.05, 0.1) is 26.4 Å². The Labute approximate surface area is 117 Å². The maximum absolute atomic E-state index is 13.6. The van der Waals surface area contributed by atoms with Gasteiger partial charge in [-0.3, -0.25) is 0 Å². The van der Waals surface area contributed by atoms with E-state index in [2.05, 4.69) is 5.32 Å². The number of hydrogen-bond acceptors (Lipinski definition) is 3. The lowest BCUT2D eigenvalue weighted by molar-refractivity contribution is 0.0526. The average Bonchev–Trinajstić information content (AvgIpc) is 2.48. The summed E-state index contributed by atoms with van der Waals surface area (Å²) >= 11 is 0. The zero-order valence-electron chi connectivity index (χ0n) is 11.7. The molecule has 1 saturated heterocycles. The highest BCUT2D eigenvalue weighted by Gasteiger charge is 2.19. The molecule has 5 nitrogen and oxygen atoms in total. The van der Waals surface area contributed by atoms with Gasteiger partial charge in [0.15, 0.2) is 11.6 Å². The summed E-state index contributed by atoms with van der Waals surface area (Å²) in [6.45, 7) is 4.09. The van der Waals surface area contributed by atoms with Gasteiger partial charge in [-0.05, 0) is 24.6 Å². The van der Waals surface area contributed by atoms with Crippen molar-refractivity contribution in [3.05, 3.63) is 29.6 Å². The van der Waals surface area contributed by atoms with Crippen LogP contribution in [0.4, 0.5) is 9.18 Å². The van der Waals surface area contributed by atoms with Crippen molar-refractivity contribution >= 4 is 6.03 Å². The van der Waals surface area contributed by atoms with Gasteiger partial charge in [0.1, 0.15) is 0 Å². The van der Waals surface area contributed by atoms with E-state index in [1.165, 1.54) is 13.2 Å². The van der Waals surface area contributed by atoms with E-state index in [4.69, 9.17) is 9.47 Å². The number of ether oxygens (including phenoxy) is 2. The van der Waals surface area contributed by atoms with Crippen LogP contribution in [0.25, 0.3) is 0 Å². The monoisotopic (exact) mass is 282 g/mol. The topological polar surface area (TPSA) is 50.8 Å². The fourth-order valence-corrected chi connectivity index (χ4v) is 2.08. The number of nitrogens with one attached hydrogen (secondary N) is 1. The molecule has 0 saturated carbocycles. The number of rotatable bonds is 3. The molecule has 1 heterocycles. The molecule has 0 spiro atoms. The van der Waals surface area contributed by atoms with Crippen LogP contribution in [0.1, 0.15) is 18.5 Å². The van der Waals surface area contributed by atoms with Crippen molar-refractivity contribution in [1.29, 1.82) is 0 Å². The van der Waals surface area contributed by atoms with Gasteiger partial charge in [-0.1, -0.05) is 6.07 Å². The van der Waals surface area contributed by atoms with Gasteiger partial charge in [-0.15, -0.1) is 0 Å². The van der Waals surface area contributed by atoms with Gasteiger partial charge in [0.25, 0.3) is 0 Å². The number of carbonyl (C=O) groups is 1. The van der Waals surface area contributed by atoms with Crippen molar-refractivity contribution in [2.45, 2.75) is 13.0 Å². The minimum Gasteiger partial charge on any atom is -0.494 e. The number of halogens is 1. The average molecular weight is 282 g/mol. The second-order valence-electron chi connectivity index (χ2n) is 4.66. The summed E-state index contributed by atoms with van der Waals surface area (Å²) in [6.07, 6.45) is 0. The molecule has 1 fully saturated rings. The van der Waals surface area contributed by atoms with Crippen molar-refractivity contribution in [2.24, 2.45) is 0 Å². The zero-order chi connectivity index (χ0) is 14.5. The molecule has 1 N–H and O–H groups in total. The van der Waals surface area contributed by atoms with E-state index < -0.39 is 5.82 Å². The Hall–Kier alpha value is -1.82. The molecule has 0 aliphatic carbocycles. The fraction of sp³-hybridized carbons (Fsp3) is 0.500. The predicted molar refractivity (Wildman–Crippen MR) is 72.3 cm³/mol. The Morgan fingerprint density at radius 2 is 2.15 bits per heavy atom. The molecule has 1 aromatic carbocycles. The van der Waals surface area contributed by atoms with Crippen LogP contribution in [-0.2, 0) is 4.74 Å². The number of urea groups is 1. The summed E-state index contributed by atoms with van der Waals surface area (Å²) < 4.78 is 23.7. The van der Waals surface area contributed by atoms with Gasteiger partial charge >= 0.3 is 6.03 Å². The van der Waals surface area contributed by atoms with Crippen LogP contribution in [0.15, 0.2) is 18.2 Å². The fourth-order valence-electron chi connectivity index (χ4n) is 2.08. The van der Waals surface area contributed by atoms with E-state index in [0.717, 1.165) is 0 Å². The second kappa shape index (κ2) is 6.56. The molecule has 20 heavy (non-hydrogen) atoms. The van der Waals surface area contributed by atoms with Gasteiger partial charge in [0, 0.05) is 13.1 Å². The number of amides is 2. The smallest absolute Gasteiger partial charge is 0.318 e. The van der Waals surface area contributed by atoms with Crippen LogP contribution < -0.4 is 10.1 Å². The molecule has 1 aromatic rings. The maximum atomic E-state index is 13.6. The number of morpholine rings is 1. The highest BCUT2D eigenvalue weighted by Crippen LogP contribution is 2.21. The predicted octanol–water partition coefficient (Wildman–Crippen LogP) is 1.94. The van der Waals surface area contributed by atoms with Crippen molar-refractivity contribution < 1.29 is 18.7 Å². The molecule has 0 aromatic heterocycles. The first kappa shape index (κ1) is 14.6. The van der Waals surface area contributed by atoms with Crippen molar-refractivity contribution in [3.8, 4) is 5.75 Å². The Kier molecular flexibility index (Phi) is 4.79. The van der Waals surface area contributed by atoms with Gasteiger partial charge in [-0.25, -0.2) is 9.18 Å². The molecule has 6 heteroatoms. The molecular weight excluding hydrogens is 263 g/mol. The van der Waals surface area contributed by atoms with Crippen molar-refractivity contribution in [2.75, 3.05) is 33.4 Å². The van der Waals surface area contributed by atoms with E-state index in [-0.39, 0.29) is 17.8 Å². The van der Waals surface area contributed by atoms with Gasteiger partial charge < -0.3 is 19.7 Å². The van der Waals surface area contributed by atoms with Crippen LogP contribution in [0, 0.1) is 5.82 Å². The summed E-state index contributed by atoms with van der Waals surface area (Å²) in [4.78, 5) is 13.7. The van der Waals surface area contributed by atoms with Crippen LogP contribution in [0.3, 0.4) is 0 Å². The molecule has 2 rings (SSSR count). The van der Waals surface area contributed by atoms with Crippen LogP contribution in [0.5, 0.6) is 5.75 Å². The lowest BCUT2D eigenvalue weighted by atomic mass is 10.1. The summed E-state index contributed by atoms with van der Waals surface area (Å²) in [5, 5.41) is 2.85. The first-order valence-corrected chi connectivity index (χ1v) is 6.58. The molecule has 1 aliphatic rings. The summed E-state index contributed by atoms with van der Waals surface area (Å²) in [5.74, 6) is -0.238. The highest BCUT2D eigenvalue weighted by molar-refractivity contribution is 5.74. The Morgan fingerprint density at radius 3 is 2.75 bits per heavy atom. The Morgan fingerprint density at radius 1 is 1.45 bits per heavy atom. The molecule has 110 valence electrons. The first-order valence-electron chi connectivity index (χ1n) is 6.58. The van der Waals surface area contributed by atoms with Crippen LogP contribution in [0.2, 0.25) is 0 Å². The highest BCUT2D eigenvalue weighted by atomic mass is 19.1. The summed E-state index contributed by atoms with van der Waals surface area (Å²) in [6, 6.07) is 4.25. The summed E-state index contributed by atoms with van der Waals surface area (Å²) in [5.41, 5.74) is 0.699. The normalized spacial score (nSPS) is 16.6. The van der Waals surface area contributed by atoms with Crippen LogP contribution >= 0.6 is 0 Å². The Bertz CT molecular complexity index is 475. The summed E-state index contributed by atoms with van der Waals surface area (Å²) in [7, 11) is 1.42. The molecule has 0 radical (unpaired) electrons. The standard InChI is InChI=1S/C14H19FN2O3/c1-10(11-3-4-13(19-2)12(15)9-11)16-14(18)17-5-7-20-8-6-17/h3-4,9-10H,5-8H2,1-2H3,(H,16,18). The van der Waals surface area contributed by atoms with E-state index >= 15 is 0 Å². The SMILES string of the molecule is COc1ccc(C(C)NC(=O)N2CCOCC2)cc1F. The zero-order valence-corrected chi connectivity index (χ0v) is 11.7. The van der Waals surface area contributed by atoms with E-state index in [9.17, 15) is 9.18 Å². The molecule has 1 atom stereocenters. The molecular formula is C14H19FN2O3. The van der Waals surface area contributed by atoms with E-state index in [0.29, 0.717) is 31.9 Å². The molecule has 2 amide bonds. The first-order chi connectivity index (χ1) is 9.61. The number of benzene rings is 1. The maximum Gasteiger partial charge on any atom is 0.318 e. The Balaban J connectivity index is 1.98. The van der Waals surface area contributed by atoms with Crippen molar-refractivity contribution in [1.82, 2.24) is 10.2 Å². The van der Waals surface area contributed by atoms with Gasteiger partial charge in [-0.2, -0.15) is 0 Å². The molecule has 1 unspecified atom stereocenters. The quantitative estimate of drug-likeness (QED) is 0.921. The number of hydrogen-bond donors (Lipinski definition) is 1. The minimum atomic E-state index is -0.433. The minimum absolute atomic E-state index is 0.156. The number of methoxy groups -OCH3 is 1. The number of nitrogens with zero attached hydrogens (tertiary/aromatic N) is 1. The van der Waals surface area contributed by atoms with Crippen molar-refractivity contribution in [3.63, 3.8) is 0 Å². The molecule has 0 bridgehead atoms. The third-order valence-corrected chi connectivity index (χ3v) is 3.31. The lowest BCUT2D eigenvalue weighted by Crippen LogP contribution is -2.46. The number of carbonyl (C=O) groups excluding carboxylic acids is 1. The lowest BCUT2D eigenvalue weighted by Gasteiger charge is -2.28. The van der Waals surface area contributed by atoms with Crippen LogP contribution in [-0.4, -0.2) is 44.3 Å². The van der Waals surface area contributed by atoms with E-state index in [1.54, 1.807) is 17.0 Å². The second-order valence-corrected chi connectivity index (χ2v) is 4.66. The third-order valence-electron chi connectivity index (χ3n) is 3.31. The van der Waals surface area contributed by atoms with Gasteiger partial charge in [0.2, 0.25) is 0 Å². The largest absolute Gasteiger partial charge is 0.494 e. The van der Waals surface area contributed by atoms with E-state index in [1.807, 2.05) is 6.92 Å².